The van der Waals surface area contributed by atoms with Crippen molar-refractivity contribution in [2.75, 3.05) is 19.7 Å². The molecule has 43 heavy (non-hydrogen) atoms. The first-order chi connectivity index (χ1) is 20.7. The van der Waals surface area contributed by atoms with Gasteiger partial charge in [0.1, 0.15) is 0 Å². The predicted octanol–water partition coefficient (Wildman–Crippen LogP) is 6.08. The lowest BCUT2D eigenvalue weighted by Crippen LogP contribution is -2.46. The fourth-order valence-corrected chi connectivity index (χ4v) is 6.11. The number of aliphatic hydroxyl groups excluding tert-OH is 2. The van der Waals surface area contributed by atoms with E-state index in [1.807, 2.05) is 66.7 Å². The molecule has 0 spiro atoms. The fourth-order valence-electron chi connectivity index (χ4n) is 5.91. The van der Waals surface area contributed by atoms with E-state index in [2.05, 4.69) is 23.2 Å². The maximum Gasteiger partial charge on any atom is 0.272 e. The van der Waals surface area contributed by atoms with Crippen LogP contribution in [0.3, 0.4) is 0 Å². The third kappa shape index (κ3) is 7.91. The highest BCUT2D eigenvalue weighted by atomic mass is 35.6. The Morgan fingerprint density at radius 3 is 2.37 bits per heavy atom. The first-order valence-corrected chi connectivity index (χ1v) is 15.7. The van der Waals surface area contributed by atoms with Gasteiger partial charge in [0, 0.05) is 30.6 Å². The Balaban J connectivity index is 1.39. The maximum atomic E-state index is 12.0. The maximum absolute atomic E-state index is 12.0. The summed E-state index contributed by atoms with van der Waals surface area (Å²) in [5.41, 5.74) is 5.56. The van der Waals surface area contributed by atoms with Crippen molar-refractivity contribution in [1.82, 2.24) is 10.2 Å². The molecule has 2 aliphatic heterocycles. The average molecular weight is 648 g/mol. The molecule has 2 heterocycles. The highest BCUT2D eigenvalue weighted by Crippen LogP contribution is 2.43. The van der Waals surface area contributed by atoms with E-state index >= 15 is 0 Å². The van der Waals surface area contributed by atoms with Crippen LogP contribution >= 0.6 is 34.8 Å². The number of likely N-dealkylation sites (tertiary alicyclic amines) is 1. The molecule has 0 saturated carbocycles. The van der Waals surface area contributed by atoms with Crippen molar-refractivity contribution in [3.8, 4) is 11.1 Å². The molecule has 230 valence electrons. The number of alkyl halides is 3. The molecule has 0 radical (unpaired) electrons. The predicted molar refractivity (Wildman–Crippen MR) is 169 cm³/mol. The van der Waals surface area contributed by atoms with E-state index in [0.717, 1.165) is 52.8 Å². The van der Waals surface area contributed by atoms with Gasteiger partial charge in [0.2, 0.25) is 0 Å². The van der Waals surface area contributed by atoms with Crippen molar-refractivity contribution in [3.05, 3.63) is 95.1 Å². The normalized spacial score (nSPS) is 24.7. The minimum Gasteiger partial charge on any atom is -0.395 e. The topological polar surface area (TPSA) is 91.3 Å². The molecule has 3 aromatic rings. The molecule has 1 amide bonds. The van der Waals surface area contributed by atoms with Crippen molar-refractivity contribution in [2.45, 2.75) is 61.2 Å². The molecular formula is C33H37Cl3N2O5. The Morgan fingerprint density at radius 2 is 1.67 bits per heavy atom. The molecule has 2 fully saturated rings. The molecule has 5 atom stereocenters. The zero-order valence-electron chi connectivity index (χ0n) is 24.0. The lowest BCUT2D eigenvalue weighted by Gasteiger charge is -2.43. The van der Waals surface area contributed by atoms with Crippen molar-refractivity contribution >= 4 is 40.7 Å². The molecule has 7 nitrogen and oxygen atoms in total. The van der Waals surface area contributed by atoms with Crippen molar-refractivity contribution in [3.63, 3.8) is 0 Å². The van der Waals surface area contributed by atoms with Gasteiger partial charge in [-0.25, -0.2) is 0 Å². The van der Waals surface area contributed by atoms with E-state index in [0.29, 0.717) is 6.54 Å². The molecule has 2 aliphatic rings. The summed E-state index contributed by atoms with van der Waals surface area (Å²) in [4.78, 5) is 14.3. The van der Waals surface area contributed by atoms with E-state index in [9.17, 15) is 15.0 Å². The summed E-state index contributed by atoms with van der Waals surface area (Å²) in [6.45, 7) is 4.14. The van der Waals surface area contributed by atoms with Crippen molar-refractivity contribution in [1.29, 1.82) is 0 Å². The Morgan fingerprint density at radius 1 is 0.953 bits per heavy atom. The number of nitrogens with zero attached hydrogens (tertiary/aromatic N) is 1. The summed E-state index contributed by atoms with van der Waals surface area (Å²) < 4.78 is 11.3. The first-order valence-electron chi connectivity index (χ1n) is 14.6. The molecule has 3 N–H and O–H groups in total. The highest BCUT2D eigenvalue weighted by molar-refractivity contribution is 6.76. The molecule has 0 aliphatic carbocycles. The van der Waals surface area contributed by atoms with Gasteiger partial charge in [0.05, 0.1) is 25.4 Å². The molecule has 3 aromatic carbocycles. The molecular weight excluding hydrogens is 611 g/mol. The fraction of sp³-hybridized carbons (Fsp3) is 0.424. The van der Waals surface area contributed by atoms with Gasteiger partial charge in [0.15, 0.2) is 6.29 Å². The Kier molecular flexibility index (Phi) is 10.7. The number of hydrogen-bond acceptors (Lipinski definition) is 6. The monoisotopic (exact) mass is 646 g/mol. The molecule has 10 heteroatoms. The zero-order valence-corrected chi connectivity index (χ0v) is 26.2. The summed E-state index contributed by atoms with van der Waals surface area (Å²) >= 11 is 17.1. The number of halogens is 3. The second-order valence-electron chi connectivity index (χ2n) is 11.3. The van der Waals surface area contributed by atoms with Gasteiger partial charge in [-0.1, -0.05) is 102 Å². The number of nitrogens with one attached hydrogen (secondary N) is 1. The van der Waals surface area contributed by atoms with Crippen LogP contribution in [0.4, 0.5) is 0 Å². The second kappa shape index (κ2) is 14.3. The van der Waals surface area contributed by atoms with E-state index in [1.165, 1.54) is 0 Å². The van der Waals surface area contributed by atoms with Crippen LogP contribution in [-0.2, 0) is 27.4 Å². The largest absolute Gasteiger partial charge is 0.395 e. The van der Waals surface area contributed by atoms with Crippen LogP contribution in [0.25, 0.3) is 11.1 Å². The third-order valence-corrected chi connectivity index (χ3v) is 8.89. The number of ether oxygens (including phenoxy) is 2. The molecule has 0 aromatic heterocycles. The number of aliphatic hydroxyl groups is 2. The minimum absolute atomic E-state index is 0.0134. The smallest absolute Gasteiger partial charge is 0.272 e. The van der Waals surface area contributed by atoms with Gasteiger partial charge in [-0.2, -0.15) is 0 Å². The summed E-state index contributed by atoms with van der Waals surface area (Å²) in [5, 5.41) is 22.1. The van der Waals surface area contributed by atoms with E-state index in [1.54, 1.807) is 0 Å². The quantitative estimate of drug-likeness (QED) is 0.244. The summed E-state index contributed by atoms with van der Waals surface area (Å²) in [6.07, 6.45) is 1.10. The van der Waals surface area contributed by atoms with E-state index in [4.69, 9.17) is 44.3 Å². The van der Waals surface area contributed by atoms with Crippen LogP contribution in [-0.4, -0.2) is 56.7 Å². The van der Waals surface area contributed by atoms with Crippen molar-refractivity contribution < 1.29 is 24.5 Å². The zero-order chi connectivity index (χ0) is 30.6. The summed E-state index contributed by atoms with van der Waals surface area (Å²) in [5.74, 6) is -0.626. The van der Waals surface area contributed by atoms with Gasteiger partial charge in [0.25, 0.3) is 9.70 Å². The Bertz CT molecular complexity index is 1380. The van der Waals surface area contributed by atoms with Gasteiger partial charge in [-0.3, -0.25) is 9.69 Å². The second-order valence-corrected chi connectivity index (χ2v) is 13.6. The number of carbonyl (C=O) groups is 1. The molecule has 0 bridgehead atoms. The van der Waals surface area contributed by atoms with Crippen LogP contribution in [0.1, 0.15) is 54.4 Å². The molecule has 5 rings (SSSR count). The van der Waals surface area contributed by atoms with Gasteiger partial charge < -0.3 is 25.0 Å². The third-order valence-electron chi connectivity index (χ3n) is 8.38. The van der Waals surface area contributed by atoms with Crippen LogP contribution in [0.2, 0.25) is 0 Å². The van der Waals surface area contributed by atoms with E-state index < -0.39 is 16.0 Å². The Hall–Kier alpha value is -2.20. The van der Waals surface area contributed by atoms with E-state index in [-0.39, 0.29) is 43.9 Å². The summed E-state index contributed by atoms with van der Waals surface area (Å²) in [6, 6.07) is 23.9. The van der Waals surface area contributed by atoms with Crippen LogP contribution < -0.4 is 5.32 Å². The SMILES string of the molecule is C[C@@H]1[C@H](CN2CCC[C@H]2CO)O[C@H](c2cccc(-c3cccc(CNC(=O)C(Cl)(Cl)Cl)c3)c2)O[C@@H]1c1ccc(CO)cc1. The number of rotatable bonds is 9. The number of carbonyl (C=O) groups excluding carboxylic acids is 1. The number of benzene rings is 3. The van der Waals surface area contributed by atoms with Crippen LogP contribution in [0, 0.1) is 5.92 Å². The Labute approximate surface area is 267 Å². The number of hydrogen-bond donors (Lipinski definition) is 3. The lowest BCUT2D eigenvalue weighted by atomic mass is 9.89. The summed E-state index contributed by atoms with van der Waals surface area (Å²) in [7, 11) is 0. The first kappa shape index (κ1) is 32.2. The lowest BCUT2D eigenvalue weighted by molar-refractivity contribution is -0.276. The van der Waals surface area contributed by atoms with Crippen LogP contribution in [0.5, 0.6) is 0 Å². The van der Waals surface area contributed by atoms with Gasteiger partial charge in [-0.05, 0) is 59.3 Å². The molecule has 2 saturated heterocycles. The van der Waals surface area contributed by atoms with Gasteiger partial charge >= 0.3 is 0 Å². The van der Waals surface area contributed by atoms with Gasteiger partial charge in [-0.15, -0.1) is 0 Å². The van der Waals surface area contributed by atoms with Crippen LogP contribution in [0.15, 0.2) is 72.8 Å². The highest BCUT2D eigenvalue weighted by Gasteiger charge is 2.40. The van der Waals surface area contributed by atoms with Crippen molar-refractivity contribution in [2.24, 2.45) is 5.92 Å². The average Bonchev–Trinajstić information content (AvgIpc) is 3.47. The molecule has 0 unspecified atom stereocenters. The minimum atomic E-state index is -2.02. The standard InChI is InChI=1S/C33H37Cl3N2O5/c1-21-29(18-38-14-4-9-28(38)20-40)42-31(43-30(21)24-12-10-22(19-39)11-13-24)27-8-3-7-26(16-27)25-6-2-5-23(15-25)17-37-32(41)33(34,35)36/h2-3,5-8,10-13,15-16,21,28-31,39-40H,4,9,14,17-20H2,1H3,(H,37,41)/t21-,28+,29+,30+,31+/m1/s1. The number of amides is 1.